The zero-order valence-electron chi connectivity index (χ0n) is 15.9. The van der Waals surface area contributed by atoms with E-state index in [-0.39, 0.29) is 0 Å². The maximum atomic E-state index is 5.71. The van der Waals surface area contributed by atoms with Crippen LogP contribution in [0.2, 0.25) is 0 Å². The lowest BCUT2D eigenvalue weighted by Gasteiger charge is -2.28. The van der Waals surface area contributed by atoms with Crippen molar-refractivity contribution in [2.24, 2.45) is 4.99 Å². The van der Waals surface area contributed by atoms with Crippen LogP contribution in [0.25, 0.3) is 10.9 Å². The predicted molar refractivity (Wildman–Crippen MR) is 105 cm³/mol. The number of anilines is 1. The Hall–Kier alpha value is -2.45. The van der Waals surface area contributed by atoms with E-state index in [0.29, 0.717) is 31.3 Å². The first-order valence-corrected chi connectivity index (χ1v) is 9.52. The second-order valence-electron chi connectivity index (χ2n) is 6.81. The summed E-state index contributed by atoms with van der Waals surface area (Å²) in [5.74, 6) is 1.97. The van der Waals surface area contributed by atoms with E-state index < -0.39 is 0 Å². The molecule has 1 aromatic carbocycles. The fourth-order valence-electron chi connectivity index (χ4n) is 3.46. The molecule has 2 aliphatic heterocycles. The molecule has 2 aromatic rings. The number of para-hydroxylation sites is 1. The molecule has 1 saturated heterocycles. The SMILES string of the molecule is CCOc1cccc2c(C)nc(NC3=NCN(C[C@@H]4CCCO4)CN3)nc12. The van der Waals surface area contributed by atoms with Crippen LogP contribution < -0.4 is 15.4 Å². The second kappa shape index (κ2) is 8.06. The number of nitrogens with zero attached hydrogens (tertiary/aromatic N) is 4. The van der Waals surface area contributed by atoms with Crippen molar-refractivity contribution in [3.63, 3.8) is 0 Å². The summed E-state index contributed by atoms with van der Waals surface area (Å²) in [5.41, 5.74) is 1.71. The third-order valence-corrected chi connectivity index (χ3v) is 4.79. The molecule has 27 heavy (non-hydrogen) atoms. The molecule has 0 spiro atoms. The van der Waals surface area contributed by atoms with Crippen molar-refractivity contribution in [1.29, 1.82) is 0 Å². The Bertz CT molecular complexity index is 834. The summed E-state index contributed by atoms with van der Waals surface area (Å²) >= 11 is 0. The first kappa shape index (κ1) is 17.9. The highest BCUT2D eigenvalue weighted by Gasteiger charge is 2.21. The van der Waals surface area contributed by atoms with Crippen molar-refractivity contribution in [2.45, 2.75) is 32.8 Å². The molecular weight excluding hydrogens is 344 g/mol. The highest BCUT2D eigenvalue weighted by atomic mass is 16.5. The Kier molecular flexibility index (Phi) is 5.35. The molecule has 144 valence electrons. The third-order valence-electron chi connectivity index (χ3n) is 4.79. The topological polar surface area (TPSA) is 83.9 Å². The van der Waals surface area contributed by atoms with Crippen molar-refractivity contribution < 1.29 is 9.47 Å². The maximum Gasteiger partial charge on any atom is 0.230 e. The van der Waals surface area contributed by atoms with E-state index in [2.05, 4.69) is 30.5 Å². The van der Waals surface area contributed by atoms with Gasteiger partial charge in [0.1, 0.15) is 11.3 Å². The number of nitrogens with one attached hydrogen (secondary N) is 2. The molecule has 1 fully saturated rings. The second-order valence-corrected chi connectivity index (χ2v) is 6.81. The number of hydrogen-bond acceptors (Lipinski definition) is 8. The Morgan fingerprint density at radius 3 is 3.04 bits per heavy atom. The zero-order chi connectivity index (χ0) is 18.6. The van der Waals surface area contributed by atoms with Gasteiger partial charge in [-0.2, -0.15) is 0 Å². The van der Waals surface area contributed by atoms with Crippen LogP contribution in [0, 0.1) is 6.92 Å². The van der Waals surface area contributed by atoms with Gasteiger partial charge in [0.2, 0.25) is 11.9 Å². The van der Waals surface area contributed by atoms with Gasteiger partial charge in [-0.05, 0) is 32.8 Å². The van der Waals surface area contributed by atoms with Crippen molar-refractivity contribution in [3.8, 4) is 5.75 Å². The zero-order valence-corrected chi connectivity index (χ0v) is 15.9. The van der Waals surface area contributed by atoms with E-state index in [4.69, 9.17) is 9.47 Å². The monoisotopic (exact) mass is 370 g/mol. The fraction of sp³-hybridized carbons (Fsp3) is 0.526. The molecule has 1 aromatic heterocycles. The Morgan fingerprint density at radius 2 is 2.30 bits per heavy atom. The van der Waals surface area contributed by atoms with Crippen LogP contribution in [0.4, 0.5) is 5.95 Å². The van der Waals surface area contributed by atoms with Crippen molar-refractivity contribution in [2.75, 3.05) is 38.4 Å². The third kappa shape index (κ3) is 4.12. The summed E-state index contributed by atoms with van der Waals surface area (Å²) in [5, 5.41) is 7.49. The molecule has 0 radical (unpaired) electrons. The molecule has 0 aliphatic carbocycles. The molecule has 1 atom stereocenters. The van der Waals surface area contributed by atoms with Gasteiger partial charge in [-0.15, -0.1) is 0 Å². The normalized spacial score (nSPS) is 20.4. The summed E-state index contributed by atoms with van der Waals surface area (Å²) < 4.78 is 11.4. The Labute approximate surface area is 159 Å². The van der Waals surface area contributed by atoms with Gasteiger partial charge in [-0.1, -0.05) is 12.1 Å². The van der Waals surface area contributed by atoms with Gasteiger partial charge in [0.25, 0.3) is 0 Å². The van der Waals surface area contributed by atoms with Crippen molar-refractivity contribution in [3.05, 3.63) is 23.9 Å². The van der Waals surface area contributed by atoms with Gasteiger partial charge in [-0.3, -0.25) is 10.2 Å². The molecular formula is C19H26N6O2. The highest BCUT2D eigenvalue weighted by Crippen LogP contribution is 2.26. The van der Waals surface area contributed by atoms with Crippen LogP contribution >= 0.6 is 0 Å². The lowest BCUT2D eigenvalue weighted by Crippen LogP contribution is -2.48. The Balaban J connectivity index is 1.47. The van der Waals surface area contributed by atoms with Gasteiger partial charge >= 0.3 is 0 Å². The number of aromatic nitrogens is 2. The Morgan fingerprint density at radius 1 is 1.37 bits per heavy atom. The number of ether oxygens (including phenoxy) is 2. The van der Waals surface area contributed by atoms with E-state index in [1.165, 1.54) is 0 Å². The smallest absolute Gasteiger partial charge is 0.230 e. The quantitative estimate of drug-likeness (QED) is 0.834. The number of benzene rings is 1. The van der Waals surface area contributed by atoms with Gasteiger partial charge in [0, 0.05) is 18.5 Å². The maximum absolute atomic E-state index is 5.71. The minimum atomic E-state index is 0.333. The van der Waals surface area contributed by atoms with Crippen LogP contribution in [-0.4, -0.2) is 60.0 Å². The minimum Gasteiger partial charge on any atom is -0.492 e. The molecule has 0 amide bonds. The van der Waals surface area contributed by atoms with E-state index >= 15 is 0 Å². The predicted octanol–water partition coefficient (Wildman–Crippen LogP) is 2.10. The van der Waals surface area contributed by atoms with Crippen LogP contribution in [0.15, 0.2) is 23.2 Å². The van der Waals surface area contributed by atoms with Crippen molar-refractivity contribution in [1.82, 2.24) is 20.2 Å². The molecule has 8 nitrogen and oxygen atoms in total. The fourth-order valence-corrected chi connectivity index (χ4v) is 3.46. The van der Waals surface area contributed by atoms with Gasteiger partial charge in [0.05, 0.1) is 31.7 Å². The van der Waals surface area contributed by atoms with Crippen LogP contribution in [0.5, 0.6) is 5.75 Å². The van der Waals surface area contributed by atoms with Crippen LogP contribution in [0.3, 0.4) is 0 Å². The molecule has 0 unspecified atom stereocenters. The lowest BCUT2D eigenvalue weighted by molar-refractivity contribution is 0.0715. The number of guanidine groups is 1. The van der Waals surface area contributed by atoms with E-state index in [9.17, 15) is 0 Å². The summed E-state index contributed by atoms with van der Waals surface area (Å²) in [4.78, 5) is 16.0. The highest BCUT2D eigenvalue weighted by molar-refractivity contribution is 5.94. The van der Waals surface area contributed by atoms with E-state index in [1.54, 1.807) is 0 Å². The molecule has 2 aliphatic rings. The average molecular weight is 370 g/mol. The van der Waals surface area contributed by atoms with Gasteiger partial charge in [-0.25, -0.2) is 15.0 Å². The number of aryl methyl sites for hydroxylation is 1. The lowest BCUT2D eigenvalue weighted by atomic mass is 10.2. The number of hydrogen-bond donors (Lipinski definition) is 2. The average Bonchev–Trinajstić information content (AvgIpc) is 3.17. The minimum absolute atomic E-state index is 0.333. The summed E-state index contributed by atoms with van der Waals surface area (Å²) in [6.07, 6.45) is 2.63. The summed E-state index contributed by atoms with van der Waals surface area (Å²) in [6, 6.07) is 5.91. The number of aliphatic imine (C=N–C) groups is 1. The number of fused-ring (bicyclic) bond motifs is 1. The van der Waals surface area contributed by atoms with Gasteiger partial charge < -0.3 is 14.8 Å². The van der Waals surface area contributed by atoms with Crippen LogP contribution in [0.1, 0.15) is 25.5 Å². The number of rotatable bonds is 5. The van der Waals surface area contributed by atoms with Crippen molar-refractivity contribution >= 4 is 22.8 Å². The molecule has 3 heterocycles. The largest absolute Gasteiger partial charge is 0.492 e. The molecule has 8 heteroatoms. The molecule has 2 N–H and O–H groups in total. The molecule has 0 saturated carbocycles. The first-order chi connectivity index (χ1) is 13.2. The summed E-state index contributed by atoms with van der Waals surface area (Å²) in [6.45, 7) is 7.69. The van der Waals surface area contributed by atoms with E-state index in [1.807, 2.05) is 32.0 Å². The molecule has 4 rings (SSSR count). The van der Waals surface area contributed by atoms with Gasteiger partial charge in [0.15, 0.2) is 0 Å². The van der Waals surface area contributed by atoms with E-state index in [0.717, 1.165) is 55.0 Å². The standard InChI is InChI=1S/C19H26N6O2/c1-3-26-16-8-4-7-15-13(2)22-19(23-17(15)16)24-18-20-11-25(12-21-18)10-14-6-5-9-27-14/h4,7-8,14H,3,5-6,9-12H2,1-2H3,(H2,20,21,22,23,24)/t14-/m0/s1. The first-order valence-electron chi connectivity index (χ1n) is 9.52. The molecule has 0 bridgehead atoms. The summed E-state index contributed by atoms with van der Waals surface area (Å²) in [7, 11) is 0. The van der Waals surface area contributed by atoms with Crippen LogP contribution in [-0.2, 0) is 4.74 Å².